The molecule has 1 aliphatic rings. The Morgan fingerprint density at radius 2 is 2.04 bits per heavy atom. The highest BCUT2D eigenvalue weighted by Crippen LogP contribution is 2.26. The van der Waals surface area contributed by atoms with Crippen LogP contribution in [0.25, 0.3) is 11.0 Å². The number of carbonyl (C=O) groups excluding carboxylic acids is 1. The molecule has 1 amide bonds. The molecule has 28 heavy (non-hydrogen) atoms. The average Bonchev–Trinajstić information content (AvgIpc) is 3.20. The third kappa shape index (κ3) is 4.19. The number of hydrogen-bond donors (Lipinski definition) is 1. The fourth-order valence-corrected chi connectivity index (χ4v) is 4.12. The summed E-state index contributed by atoms with van der Waals surface area (Å²) in [6.45, 7) is 1.73. The number of piperidine rings is 1. The normalized spacial score (nSPS) is 15.1. The van der Waals surface area contributed by atoms with Gasteiger partial charge in [-0.05, 0) is 60.9 Å². The van der Waals surface area contributed by atoms with Gasteiger partial charge in [0.05, 0.1) is 30.9 Å². The SMILES string of the molecule is COc1ccccc1CCC1CCN(C(=O)Cc2ccc3nc[nH]c3c2)CC1. The van der Waals surface area contributed by atoms with Gasteiger partial charge in [0, 0.05) is 13.1 Å². The van der Waals surface area contributed by atoms with E-state index in [2.05, 4.69) is 22.1 Å². The van der Waals surface area contributed by atoms with Gasteiger partial charge in [0.2, 0.25) is 5.91 Å². The van der Waals surface area contributed by atoms with Crippen LogP contribution in [0.15, 0.2) is 48.8 Å². The highest BCUT2D eigenvalue weighted by Gasteiger charge is 2.23. The number of imidazole rings is 1. The first kappa shape index (κ1) is 18.5. The number of likely N-dealkylation sites (tertiary alicyclic amines) is 1. The molecule has 1 saturated heterocycles. The van der Waals surface area contributed by atoms with Crippen molar-refractivity contribution in [2.24, 2.45) is 5.92 Å². The summed E-state index contributed by atoms with van der Waals surface area (Å²) in [7, 11) is 1.73. The van der Waals surface area contributed by atoms with Gasteiger partial charge in [-0.3, -0.25) is 4.79 Å². The number of hydrogen-bond acceptors (Lipinski definition) is 3. The Labute approximate surface area is 165 Å². The van der Waals surface area contributed by atoms with Crippen molar-refractivity contribution in [1.82, 2.24) is 14.9 Å². The molecular formula is C23H27N3O2. The lowest BCUT2D eigenvalue weighted by atomic mass is 9.90. The maximum absolute atomic E-state index is 12.7. The van der Waals surface area contributed by atoms with Crippen molar-refractivity contribution in [3.05, 3.63) is 59.9 Å². The molecule has 3 aromatic rings. The van der Waals surface area contributed by atoms with Gasteiger partial charge in [-0.15, -0.1) is 0 Å². The fraction of sp³-hybridized carbons (Fsp3) is 0.391. The van der Waals surface area contributed by atoms with E-state index in [0.717, 1.165) is 61.1 Å². The van der Waals surface area contributed by atoms with Crippen molar-refractivity contribution in [2.45, 2.75) is 32.1 Å². The summed E-state index contributed by atoms with van der Waals surface area (Å²) in [5, 5.41) is 0. The predicted octanol–water partition coefficient (Wildman–Crippen LogP) is 3.99. The van der Waals surface area contributed by atoms with Gasteiger partial charge in [0.15, 0.2) is 0 Å². The van der Waals surface area contributed by atoms with Crippen molar-refractivity contribution >= 4 is 16.9 Å². The van der Waals surface area contributed by atoms with Crippen LogP contribution in [0.4, 0.5) is 0 Å². The van der Waals surface area contributed by atoms with Crippen molar-refractivity contribution in [1.29, 1.82) is 0 Å². The molecule has 1 aromatic heterocycles. The fourth-order valence-electron chi connectivity index (χ4n) is 4.12. The molecule has 4 rings (SSSR count). The second kappa shape index (κ2) is 8.46. The molecule has 0 spiro atoms. The number of H-pyrrole nitrogens is 1. The summed E-state index contributed by atoms with van der Waals surface area (Å²) in [6, 6.07) is 14.3. The molecule has 0 saturated carbocycles. The summed E-state index contributed by atoms with van der Waals surface area (Å²) in [6.07, 6.45) is 6.50. The number of nitrogens with one attached hydrogen (secondary N) is 1. The highest BCUT2D eigenvalue weighted by molar-refractivity contribution is 5.81. The summed E-state index contributed by atoms with van der Waals surface area (Å²) in [5.74, 6) is 1.88. The Morgan fingerprint density at radius 1 is 1.21 bits per heavy atom. The van der Waals surface area contributed by atoms with Gasteiger partial charge in [-0.2, -0.15) is 0 Å². The topological polar surface area (TPSA) is 58.2 Å². The number of nitrogens with zero attached hydrogens (tertiary/aromatic N) is 2. The summed E-state index contributed by atoms with van der Waals surface area (Å²) >= 11 is 0. The van der Waals surface area contributed by atoms with Crippen LogP contribution in [0.1, 0.15) is 30.4 Å². The van der Waals surface area contributed by atoms with Gasteiger partial charge < -0.3 is 14.6 Å². The van der Waals surface area contributed by atoms with Crippen molar-refractivity contribution in [3.63, 3.8) is 0 Å². The first-order chi connectivity index (χ1) is 13.7. The summed E-state index contributed by atoms with van der Waals surface area (Å²) in [5.41, 5.74) is 4.24. The monoisotopic (exact) mass is 377 g/mol. The van der Waals surface area contributed by atoms with Crippen LogP contribution in [0, 0.1) is 5.92 Å². The van der Waals surface area contributed by atoms with E-state index in [1.165, 1.54) is 5.56 Å². The third-order valence-corrected chi connectivity index (χ3v) is 5.82. The lowest BCUT2D eigenvalue weighted by Gasteiger charge is -2.32. The van der Waals surface area contributed by atoms with E-state index in [1.54, 1.807) is 13.4 Å². The van der Waals surface area contributed by atoms with Crippen molar-refractivity contribution in [2.75, 3.05) is 20.2 Å². The molecule has 0 bridgehead atoms. The standard InChI is InChI=1S/C23H27N3O2/c1-28-22-5-3-2-4-19(22)8-6-17-10-12-26(13-11-17)23(27)15-18-7-9-20-21(14-18)25-16-24-20/h2-5,7,9,14,16-17H,6,8,10-13,15H2,1H3,(H,24,25). The number of aromatic amines is 1. The van der Waals surface area contributed by atoms with Gasteiger partial charge in [0.1, 0.15) is 5.75 Å². The largest absolute Gasteiger partial charge is 0.496 e. The second-order valence-electron chi connectivity index (χ2n) is 7.61. The smallest absolute Gasteiger partial charge is 0.226 e. The van der Waals surface area contributed by atoms with Crippen LogP contribution in [-0.4, -0.2) is 41.0 Å². The second-order valence-corrected chi connectivity index (χ2v) is 7.61. The minimum Gasteiger partial charge on any atom is -0.496 e. The summed E-state index contributed by atoms with van der Waals surface area (Å²) in [4.78, 5) is 22.1. The number of rotatable bonds is 6. The number of ether oxygens (including phenoxy) is 1. The van der Waals surface area contributed by atoms with E-state index in [-0.39, 0.29) is 5.91 Å². The van der Waals surface area contributed by atoms with Crippen LogP contribution >= 0.6 is 0 Å². The maximum atomic E-state index is 12.7. The number of amides is 1. The van der Waals surface area contributed by atoms with Crippen LogP contribution < -0.4 is 4.74 Å². The van der Waals surface area contributed by atoms with Gasteiger partial charge in [0.25, 0.3) is 0 Å². The molecule has 0 aliphatic carbocycles. The molecule has 2 heterocycles. The van der Waals surface area contributed by atoms with Crippen LogP contribution in [-0.2, 0) is 17.6 Å². The van der Waals surface area contributed by atoms with E-state index in [9.17, 15) is 4.79 Å². The molecule has 1 aliphatic heterocycles. The molecule has 5 heteroatoms. The minimum absolute atomic E-state index is 0.224. The number of aryl methyl sites for hydroxylation is 1. The molecular weight excluding hydrogens is 350 g/mol. The highest BCUT2D eigenvalue weighted by atomic mass is 16.5. The number of methoxy groups -OCH3 is 1. The molecule has 0 atom stereocenters. The lowest BCUT2D eigenvalue weighted by molar-refractivity contribution is -0.131. The zero-order valence-electron chi connectivity index (χ0n) is 16.4. The maximum Gasteiger partial charge on any atom is 0.226 e. The Morgan fingerprint density at radius 3 is 2.86 bits per heavy atom. The molecule has 2 aromatic carbocycles. The summed E-state index contributed by atoms with van der Waals surface area (Å²) < 4.78 is 5.45. The molecule has 1 N–H and O–H groups in total. The zero-order valence-corrected chi connectivity index (χ0v) is 16.4. The van der Waals surface area contributed by atoms with E-state index in [0.29, 0.717) is 12.3 Å². The zero-order chi connectivity index (χ0) is 19.3. The average molecular weight is 377 g/mol. The van der Waals surface area contributed by atoms with E-state index >= 15 is 0 Å². The minimum atomic E-state index is 0.224. The molecule has 5 nitrogen and oxygen atoms in total. The van der Waals surface area contributed by atoms with Gasteiger partial charge in [-0.1, -0.05) is 24.3 Å². The van der Waals surface area contributed by atoms with Crippen LogP contribution in [0.5, 0.6) is 5.75 Å². The molecule has 1 fully saturated rings. The molecule has 146 valence electrons. The molecule has 0 radical (unpaired) electrons. The van der Waals surface area contributed by atoms with Gasteiger partial charge >= 0.3 is 0 Å². The van der Waals surface area contributed by atoms with Gasteiger partial charge in [-0.25, -0.2) is 4.98 Å². The first-order valence-corrected chi connectivity index (χ1v) is 10.0. The Hall–Kier alpha value is -2.82. The van der Waals surface area contributed by atoms with Crippen LogP contribution in [0.2, 0.25) is 0 Å². The molecule has 0 unspecified atom stereocenters. The number of para-hydroxylation sites is 1. The van der Waals surface area contributed by atoms with E-state index in [1.807, 2.05) is 35.2 Å². The van der Waals surface area contributed by atoms with Crippen LogP contribution in [0.3, 0.4) is 0 Å². The Bertz CT molecular complexity index is 942. The number of benzene rings is 2. The third-order valence-electron chi connectivity index (χ3n) is 5.82. The van der Waals surface area contributed by atoms with Crippen molar-refractivity contribution < 1.29 is 9.53 Å². The Balaban J connectivity index is 1.27. The number of carbonyl (C=O) groups is 1. The number of fused-ring (bicyclic) bond motifs is 1. The number of aromatic nitrogens is 2. The predicted molar refractivity (Wildman–Crippen MR) is 110 cm³/mol. The van der Waals surface area contributed by atoms with Crippen molar-refractivity contribution in [3.8, 4) is 5.75 Å². The van der Waals surface area contributed by atoms with E-state index < -0.39 is 0 Å². The quantitative estimate of drug-likeness (QED) is 0.707. The lowest BCUT2D eigenvalue weighted by Crippen LogP contribution is -2.39. The van der Waals surface area contributed by atoms with E-state index in [4.69, 9.17) is 4.74 Å². The first-order valence-electron chi connectivity index (χ1n) is 10.0. The Kier molecular flexibility index (Phi) is 5.60.